The minimum absolute atomic E-state index is 0.169. The second kappa shape index (κ2) is 9.03. The van der Waals surface area contributed by atoms with Gasteiger partial charge in [-0.15, -0.1) is 0 Å². The summed E-state index contributed by atoms with van der Waals surface area (Å²) in [6.45, 7) is 0.868. The Balaban J connectivity index is 1.74. The molecule has 0 bridgehead atoms. The van der Waals surface area contributed by atoms with Gasteiger partial charge in [0, 0.05) is 37.6 Å². The molecular weight excluding hydrogens is 326 g/mol. The predicted molar refractivity (Wildman–Crippen MR) is 93.5 cm³/mol. The number of hydrogen-bond acceptors (Lipinski definition) is 3. The van der Waals surface area contributed by atoms with Gasteiger partial charge in [-0.25, -0.2) is 0 Å². The summed E-state index contributed by atoms with van der Waals surface area (Å²) in [7, 11) is 1.70. The molecule has 0 unspecified atom stereocenters. The number of halogens is 1. The third-order valence-electron chi connectivity index (χ3n) is 3.66. The van der Waals surface area contributed by atoms with Crippen LogP contribution < -0.4 is 5.32 Å². The van der Waals surface area contributed by atoms with E-state index in [1.807, 2.05) is 30.3 Å². The lowest BCUT2D eigenvalue weighted by molar-refractivity contribution is -0.135. The van der Waals surface area contributed by atoms with E-state index >= 15 is 0 Å². The molecule has 2 rings (SSSR count). The lowest BCUT2D eigenvalue weighted by Gasteiger charge is -2.17. The molecule has 0 fully saturated rings. The number of nitrogens with one attached hydrogen (secondary N) is 1. The third kappa shape index (κ3) is 5.66. The van der Waals surface area contributed by atoms with Gasteiger partial charge < -0.3 is 10.2 Å². The summed E-state index contributed by atoms with van der Waals surface area (Å²) in [4.78, 5) is 29.5. The van der Waals surface area contributed by atoms with Crippen molar-refractivity contribution in [2.75, 3.05) is 13.6 Å². The van der Waals surface area contributed by atoms with E-state index in [1.165, 1.54) is 0 Å². The lowest BCUT2D eigenvalue weighted by Crippen LogP contribution is -2.34. The molecule has 1 aromatic carbocycles. The molecule has 126 valence electrons. The van der Waals surface area contributed by atoms with E-state index in [2.05, 4.69) is 10.3 Å². The van der Waals surface area contributed by atoms with E-state index in [-0.39, 0.29) is 18.2 Å². The van der Waals surface area contributed by atoms with Crippen LogP contribution in [0.3, 0.4) is 0 Å². The summed E-state index contributed by atoms with van der Waals surface area (Å²) in [6, 6.07) is 11.1. The van der Waals surface area contributed by atoms with Crippen molar-refractivity contribution < 1.29 is 9.59 Å². The first-order valence-corrected chi connectivity index (χ1v) is 8.07. The number of likely N-dealkylation sites (N-methyl/N-ethyl adjacent to an activating group) is 1. The Morgan fingerprint density at radius 3 is 2.58 bits per heavy atom. The number of aromatic nitrogens is 1. The maximum Gasteiger partial charge on any atom is 0.231 e. The first kappa shape index (κ1) is 17.9. The van der Waals surface area contributed by atoms with Gasteiger partial charge in [-0.2, -0.15) is 0 Å². The fourth-order valence-electron chi connectivity index (χ4n) is 2.14. The SMILES string of the molecule is CN(CCc1ccncc1)C(=O)CC(=O)NCc1ccccc1Cl. The number of pyridine rings is 1. The van der Waals surface area contributed by atoms with E-state index in [0.29, 0.717) is 18.1 Å². The van der Waals surface area contributed by atoms with Gasteiger partial charge in [-0.05, 0) is 35.7 Å². The number of carbonyl (C=O) groups is 2. The van der Waals surface area contributed by atoms with Crippen LogP contribution in [0.25, 0.3) is 0 Å². The zero-order chi connectivity index (χ0) is 17.4. The molecule has 0 spiro atoms. The van der Waals surface area contributed by atoms with Crippen LogP contribution in [0.4, 0.5) is 0 Å². The lowest BCUT2D eigenvalue weighted by atomic mass is 10.2. The molecule has 6 heteroatoms. The molecule has 24 heavy (non-hydrogen) atoms. The molecule has 0 radical (unpaired) electrons. The van der Waals surface area contributed by atoms with E-state index in [4.69, 9.17) is 11.6 Å². The molecule has 0 aliphatic rings. The highest BCUT2D eigenvalue weighted by Crippen LogP contribution is 2.14. The largest absolute Gasteiger partial charge is 0.352 e. The summed E-state index contributed by atoms with van der Waals surface area (Å²) in [6.07, 6.45) is 4.00. The number of hydrogen-bond donors (Lipinski definition) is 1. The van der Waals surface area contributed by atoms with Gasteiger partial charge in [-0.1, -0.05) is 29.8 Å². The molecule has 1 N–H and O–H groups in total. The zero-order valence-corrected chi connectivity index (χ0v) is 14.3. The number of nitrogens with zero attached hydrogens (tertiary/aromatic N) is 2. The monoisotopic (exact) mass is 345 g/mol. The molecule has 5 nitrogen and oxygen atoms in total. The molecule has 0 atom stereocenters. The highest BCUT2D eigenvalue weighted by Gasteiger charge is 2.14. The normalized spacial score (nSPS) is 10.2. The first-order chi connectivity index (χ1) is 11.6. The second-order valence-corrected chi connectivity index (χ2v) is 5.87. The molecule has 1 heterocycles. The number of amides is 2. The Morgan fingerprint density at radius 2 is 1.88 bits per heavy atom. The smallest absolute Gasteiger partial charge is 0.231 e. The van der Waals surface area contributed by atoms with E-state index in [1.54, 1.807) is 30.4 Å². The van der Waals surface area contributed by atoms with Crippen molar-refractivity contribution in [2.45, 2.75) is 19.4 Å². The maximum atomic E-state index is 12.1. The molecule has 0 aliphatic carbocycles. The van der Waals surface area contributed by atoms with Gasteiger partial charge >= 0.3 is 0 Å². The second-order valence-electron chi connectivity index (χ2n) is 5.47. The highest BCUT2D eigenvalue weighted by atomic mass is 35.5. The molecule has 1 aromatic heterocycles. The minimum atomic E-state index is -0.310. The summed E-state index contributed by atoms with van der Waals surface area (Å²) < 4.78 is 0. The Labute approximate surface area is 146 Å². The van der Waals surface area contributed by atoms with Crippen molar-refractivity contribution in [1.29, 1.82) is 0 Å². The Morgan fingerprint density at radius 1 is 1.17 bits per heavy atom. The van der Waals surface area contributed by atoms with Gasteiger partial charge in [0.1, 0.15) is 6.42 Å². The van der Waals surface area contributed by atoms with Crippen LogP contribution in [-0.4, -0.2) is 35.3 Å². The molecule has 0 saturated heterocycles. The van der Waals surface area contributed by atoms with Crippen LogP contribution in [-0.2, 0) is 22.6 Å². The van der Waals surface area contributed by atoms with Crippen molar-refractivity contribution in [1.82, 2.24) is 15.2 Å². The average Bonchev–Trinajstić information content (AvgIpc) is 2.59. The molecular formula is C18H20ClN3O2. The molecule has 0 saturated carbocycles. The first-order valence-electron chi connectivity index (χ1n) is 7.69. The van der Waals surface area contributed by atoms with E-state index < -0.39 is 0 Å². The third-order valence-corrected chi connectivity index (χ3v) is 4.03. The number of carbonyl (C=O) groups excluding carboxylic acids is 2. The molecule has 2 amide bonds. The van der Waals surface area contributed by atoms with Crippen LogP contribution in [0.5, 0.6) is 0 Å². The predicted octanol–water partition coefficient (Wildman–Crippen LogP) is 2.44. The molecule has 2 aromatic rings. The topological polar surface area (TPSA) is 62.3 Å². The van der Waals surface area contributed by atoms with Crippen molar-refractivity contribution in [3.8, 4) is 0 Å². The van der Waals surface area contributed by atoms with Crippen LogP contribution in [0.15, 0.2) is 48.8 Å². The van der Waals surface area contributed by atoms with Crippen molar-refractivity contribution in [3.05, 3.63) is 64.9 Å². The quantitative estimate of drug-likeness (QED) is 0.784. The standard InChI is InChI=1S/C18H20ClN3O2/c1-22(11-8-14-6-9-20-10-7-14)18(24)12-17(23)21-13-15-4-2-3-5-16(15)19/h2-7,9-10H,8,11-13H2,1H3,(H,21,23). The Bertz CT molecular complexity index is 692. The zero-order valence-electron chi connectivity index (χ0n) is 13.5. The number of rotatable bonds is 7. The van der Waals surface area contributed by atoms with E-state index in [9.17, 15) is 9.59 Å². The Hall–Kier alpha value is -2.40. The summed E-state index contributed by atoms with van der Waals surface area (Å²) in [5.41, 5.74) is 1.93. The maximum absolute atomic E-state index is 12.1. The van der Waals surface area contributed by atoms with Crippen molar-refractivity contribution >= 4 is 23.4 Å². The van der Waals surface area contributed by atoms with Gasteiger partial charge in [0.2, 0.25) is 11.8 Å². The van der Waals surface area contributed by atoms with Gasteiger partial charge in [0.25, 0.3) is 0 Å². The average molecular weight is 346 g/mol. The van der Waals surface area contributed by atoms with Crippen LogP contribution in [0.2, 0.25) is 5.02 Å². The summed E-state index contributed by atoms with van der Waals surface area (Å²) >= 11 is 6.03. The van der Waals surface area contributed by atoms with Crippen LogP contribution >= 0.6 is 11.6 Å². The molecule has 0 aliphatic heterocycles. The summed E-state index contributed by atoms with van der Waals surface area (Å²) in [5, 5.41) is 3.32. The highest BCUT2D eigenvalue weighted by molar-refractivity contribution is 6.31. The number of benzene rings is 1. The van der Waals surface area contributed by atoms with Gasteiger partial charge in [0.15, 0.2) is 0 Å². The van der Waals surface area contributed by atoms with Gasteiger partial charge in [-0.3, -0.25) is 14.6 Å². The van der Waals surface area contributed by atoms with Crippen LogP contribution in [0, 0.1) is 0 Å². The van der Waals surface area contributed by atoms with E-state index in [0.717, 1.165) is 17.5 Å². The van der Waals surface area contributed by atoms with Crippen LogP contribution in [0.1, 0.15) is 17.5 Å². The van der Waals surface area contributed by atoms with Gasteiger partial charge in [0.05, 0.1) is 0 Å². The summed E-state index contributed by atoms with van der Waals surface area (Å²) in [5.74, 6) is -0.517. The fraction of sp³-hybridized carbons (Fsp3) is 0.278. The van der Waals surface area contributed by atoms with Crippen molar-refractivity contribution in [3.63, 3.8) is 0 Å². The minimum Gasteiger partial charge on any atom is -0.352 e. The fourth-order valence-corrected chi connectivity index (χ4v) is 2.34. The Kier molecular flexibility index (Phi) is 6.75. The van der Waals surface area contributed by atoms with Crippen molar-refractivity contribution in [2.24, 2.45) is 0 Å².